The molecule has 44 heavy (non-hydrogen) atoms. The van der Waals surface area contributed by atoms with Gasteiger partial charge in [-0.15, -0.1) is 0 Å². The predicted octanol–water partition coefficient (Wildman–Crippen LogP) is 6.70. The normalized spacial score (nSPS) is 14.7. The van der Waals surface area contributed by atoms with Gasteiger partial charge in [0.2, 0.25) is 5.91 Å². The first-order valence-electron chi connectivity index (χ1n) is 14.7. The second-order valence-corrected chi connectivity index (χ2v) is 12.2. The lowest BCUT2D eigenvalue weighted by Crippen LogP contribution is -2.42. The molecule has 1 fully saturated rings. The predicted molar refractivity (Wildman–Crippen MR) is 174 cm³/mol. The molecule has 0 radical (unpaired) electrons. The highest BCUT2D eigenvalue weighted by atomic mass is 35.5. The summed E-state index contributed by atoms with van der Waals surface area (Å²) in [6, 6.07) is 25.8. The van der Waals surface area contributed by atoms with Gasteiger partial charge in [-0.05, 0) is 97.0 Å². The van der Waals surface area contributed by atoms with Gasteiger partial charge < -0.3 is 20.6 Å². The molecule has 4 aromatic carbocycles. The number of halogens is 2. The Kier molecular flexibility index (Phi) is 10.1. The first-order valence-corrected chi connectivity index (χ1v) is 15.4. The van der Waals surface area contributed by atoms with Crippen molar-refractivity contribution in [1.82, 2.24) is 9.80 Å². The van der Waals surface area contributed by atoms with Gasteiger partial charge in [-0.25, -0.2) is 0 Å². The van der Waals surface area contributed by atoms with E-state index in [0.717, 1.165) is 49.0 Å². The SMILES string of the molecule is N#Cc1cc(C(=O)N(CC(N)=O)CC(CCN2CCC(c3ccccc3O)CC2)c2ccc(Cl)c(Cl)c2)c2ccccc2c1. The molecule has 0 aromatic heterocycles. The Labute approximate surface area is 267 Å². The number of amides is 2. The topological polar surface area (TPSA) is 111 Å². The molecule has 5 rings (SSSR count). The number of carbonyl (C=O) groups excluding carboxylic acids is 2. The van der Waals surface area contributed by atoms with E-state index < -0.39 is 5.91 Å². The summed E-state index contributed by atoms with van der Waals surface area (Å²) in [5, 5.41) is 22.3. The van der Waals surface area contributed by atoms with Crippen LogP contribution < -0.4 is 5.73 Å². The molecular formula is C35H34Cl2N4O3. The Morgan fingerprint density at radius 3 is 2.43 bits per heavy atom. The fourth-order valence-electron chi connectivity index (χ4n) is 6.16. The molecule has 0 aliphatic carbocycles. The van der Waals surface area contributed by atoms with Gasteiger partial charge in [0.25, 0.3) is 5.91 Å². The van der Waals surface area contributed by atoms with Crippen LogP contribution in [0.4, 0.5) is 0 Å². The monoisotopic (exact) mass is 628 g/mol. The Morgan fingerprint density at radius 1 is 1.00 bits per heavy atom. The second-order valence-electron chi connectivity index (χ2n) is 11.3. The summed E-state index contributed by atoms with van der Waals surface area (Å²) in [5.74, 6) is -0.517. The number of nitriles is 1. The number of nitrogens with two attached hydrogens (primary N) is 1. The molecule has 4 aromatic rings. The number of hydrogen-bond acceptors (Lipinski definition) is 5. The van der Waals surface area contributed by atoms with E-state index in [4.69, 9.17) is 28.9 Å². The Balaban J connectivity index is 1.38. The minimum absolute atomic E-state index is 0.172. The number of nitrogens with zero attached hydrogens (tertiary/aromatic N) is 3. The summed E-state index contributed by atoms with van der Waals surface area (Å²) >= 11 is 12.7. The van der Waals surface area contributed by atoms with Crippen LogP contribution in [0.3, 0.4) is 0 Å². The number of piperidine rings is 1. The minimum atomic E-state index is -0.627. The molecule has 3 N–H and O–H groups in total. The van der Waals surface area contributed by atoms with Gasteiger partial charge >= 0.3 is 0 Å². The number of fused-ring (bicyclic) bond motifs is 1. The zero-order valence-corrected chi connectivity index (χ0v) is 25.8. The maximum atomic E-state index is 14.1. The van der Waals surface area contributed by atoms with Crippen molar-refractivity contribution in [3.63, 3.8) is 0 Å². The Morgan fingerprint density at radius 2 is 1.73 bits per heavy atom. The number of phenols is 1. The van der Waals surface area contributed by atoms with Gasteiger partial charge in [-0.1, -0.05) is 71.7 Å². The zero-order chi connectivity index (χ0) is 31.2. The van der Waals surface area contributed by atoms with Crippen LogP contribution in [0.5, 0.6) is 5.75 Å². The van der Waals surface area contributed by atoms with E-state index in [-0.39, 0.29) is 24.9 Å². The van der Waals surface area contributed by atoms with E-state index >= 15 is 0 Å². The minimum Gasteiger partial charge on any atom is -0.508 e. The van der Waals surface area contributed by atoms with Crippen molar-refractivity contribution < 1.29 is 14.7 Å². The van der Waals surface area contributed by atoms with E-state index in [1.807, 2.05) is 54.6 Å². The number of hydrogen-bond donors (Lipinski definition) is 2. The highest BCUT2D eigenvalue weighted by molar-refractivity contribution is 6.42. The molecule has 1 aliphatic rings. The van der Waals surface area contributed by atoms with Crippen molar-refractivity contribution in [2.24, 2.45) is 5.73 Å². The molecule has 7 nitrogen and oxygen atoms in total. The number of likely N-dealkylation sites (tertiary alicyclic amines) is 1. The third kappa shape index (κ3) is 7.34. The Hall–Kier alpha value is -4.09. The van der Waals surface area contributed by atoms with Gasteiger partial charge in [0.1, 0.15) is 5.75 Å². The second kappa shape index (κ2) is 14.1. The zero-order valence-electron chi connectivity index (χ0n) is 24.3. The van der Waals surface area contributed by atoms with E-state index in [1.54, 1.807) is 24.3 Å². The number of para-hydroxylation sites is 1. The maximum absolute atomic E-state index is 14.1. The van der Waals surface area contributed by atoms with Gasteiger partial charge in [0, 0.05) is 18.0 Å². The van der Waals surface area contributed by atoms with E-state index in [1.165, 1.54) is 4.90 Å². The van der Waals surface area contributed by atoms with Crippen molar-refractivity contribution in [3.8, 4) is 11.8 Å². The van der Waals surface area contributed by atoms with Crippen LogP contribution in [0.1, 0.15) is 58.1 Å². The fourth-order valence-corrected chi connectivity index (χ4v) is 6.47. The summed E-state index contributed by atoms with van der Waals surface area (Å²) < 4.78 is 0. The van der Waals surface area contributed by atoms with Crippen LogP contribution in [0.2, 0.25) is 10.0 Å². The van der Waals surface area contributed by atoms with Gasteiger partial charge in [-0.2, -0.15) is 5.26 Å². The fraction of sp³-hybridized carbons (Fsp3) is 0.286. The molecule has 0 saturated carbocycles. The summed E-state index contributed by atoms with van der Waals surface area (Å²) in [5.41, 5.74) is 8.26. The largest absolute Gasteiger partial charge is 0.508 e. The number of carbonyl (C=O) groups is 2. The van der Waals surface area contributed by atoms with Gasteiger partial charge in [0.15, 0.2) is 0 Å². The number of rotatable bonds is 10. The average molecular weight is 630 g/mol. The molecule has 1 saturated heterocycles. The summed E-state index contributed by atoms with van der Waals surface area (Å²) in [6.07, 6.45) is 2.56. The number of aromatic hydroxyl groups is 1. The van der Waals surface area contributed by atoms with Crippen molar-refractivity contribution >= 4 is 45.8 Å². The molecule has 1 unspecified atom stereocenters. The quantitative estimate of drug-likeness (QED) is 0.203. The highest BCUT2D eigenvalue weighted by Crippen LogP contribution is 2.35. The van der Waals surface area contributed by atoms with E-state index in [0.29, 0.717) is 44.6 Å². The lowest BCUT2D eigenvalue weighted by Gasteiger charge is -2.34. The molecule has 9 heteroatoms. The van der Waals surface area contributed by atoms with Crippen LogP contribution in [-0.4, -0.2) is 59.4 Å². The highest BCUT2D eigenvalue weighted by Gasteiger charge is 2.27. The molecule has 0 spiro atoms. The maximum Gasteiger partial charge on any atom is 0.255 e. The van der Waals surface area contributed by atoms with E-state index in [2.05, 4.69) is 11.0 Å². The lowest BCUT2D eigenvalue weighted by atomic mass is 9.88. The molecule has 2 amide bonds. The smallest absolute Gasteiger partial charge is 0.255 e. The van der Waals surface area contributed by atoms with Crippen molar-refractivity contribution in [3.05, 3.63) is 111 Å². The number of primary amides is 1. The van der Waals surface area contributed by atoms with Crippen molar-refractivity contribution in [1.29, 1.82) is 5.26 Å². The summed E-state index contributed by atoms with van der Waals surface area (Å²) in [7, 11) is 0. The molecule has 226 valence electrons. The van der Waals surface area contributed by atoms with Crippen molar-refractivity contribution in [2.45, 2.75) is 31.1 Å². The molecular weight excluding hydrogens is 595 g/mol. The van der Waals surface area contributed by atoms with Crippen molar-refractivity contribution in [2.75, 3.05) is 32.7 Å². The first kappa shape index (κ1) is 31.3. The van der Waals surface area contributed by atoms with Crippen LogP contribution in [0.25, 0.3) is 10.8 Å². The van der Waals surface area contributed by atoms with Crippen LogP contribution in [0.15, 0.2) is 78.9 Å². The van der Waals surface area contributed by atoms with Crippen LogP contribution in [-0.2, 0) is 4.79 Å². The Bertz CT molecular complexity index is 1710. The van der Waals surface area contributed by atoms with Gasteiger partial charge in [-0.3, -0.25) is 9.59 Å². The summed E-state index contributed by atoms with van der Waals surface area (Å²) in [6.45, 7) is 2.48. The lowest BCUT2D eigenvalue weighted by molar-refractivity contribution is -0.118. The summed E-state index contributed by atoms with van der Waals surface area (Å²) in [4.78, 5) is 30.2. The van der Waals surface area contributed by atoms with Crippen LogP contribution in [0, 0.1) is 11.3 Å². The molecule has 1 heterocycles. The van der Waals surface area contributed by atoms with E-state index in [9.17, 15) is 20.0 Å². The number of benzene rings is 4. The third-order valence-corrected chi connectivity index (χ3v) is 9.21. The van der Waals surface area contributed by atoms with Gasteiger partial charge in [0.05, 0.1) is 28.2 Å². The number of phenolic OH excluding ortho intramolecular Hbond substituents is 1. The molecule has 1 atom stereocenters. The standard InChI is InChI=1S/C35H34Cl2N4O3/c36-31-10-9-25(19-32(31)37)27(13-16-40-14-11-24(12-15-40)29-7-3-4-8-33(29)42)21-41(22-34(39)43)35(44)30-18-23(20-38)17-26-5-1-2-6-28(26)30/h1-10,17-19,24,27,42H,11-16,21-22H2,(H2,39,43). The molecule has 1 aliphatic heterocycles. The first-order chi connectivity index (χ1) is 21.2. The van der Waals surface area contributed by atoms with Crippen LogP contribution >= 0.6 is 23.2 Å². The third-order valence-electron chi connectivity index (χ3n) is 8.47. The average Bonchev–Trinajstić information content (AvgIpc) is 3.03. The molecule has 0 bridgehead atoms.